The summed E-state index contributed by atoms with van der Waals surface area (Å²) in [6.45, 7) is 2.18. The van der Waals surface area contributed by atoms with E-state index in [1.54, 1.807) is 24.3 Å². The van der Waals surface area contributed by atoms with Crippen molar-refractivity contribution in [2.45, 2.75) is 41.4 Å². The van der Waals surface area contributed by atoms with Crippen molar-refractivity contribution in [1.82, 2.24) is 14.5 Å². The number of anilines is 1. The van der Waals surface area contributed by atoms with E-state index in [1.165, 1.54) is 16.1 Å². The number of aryl methyl sites for hydroxylation is 1. The predicted octanol–water partition coefficient (Wildman–Crippen LogP) is 3.46. The normalized spacial score (nSPS) is 17.0. The number of carbonyl (C=O) groups is 1. The van der Waals surface area contributed by atoms with Crippen LogP contribution in [0.5, 0.6) is 0 Å². The van der Waals surface area contributed by atoms with Gasteiger partial charge in [0.1, 0.15) is 6.04 Å². The molecule has 1 N–H and O–H groups in total. The number of nitrogens with one attached hydrogen (secondary N) is 1. The van der Waals surface area contributed by atoms with E-state index in [2.05, 4.69) is 15.5 Å². The molecule has 4 rings (SSSR count). The Morgan fingerprint density at radius 1 is 1.16 bits per heavy atom. The van der Waals surface area contributed by atoms with Crippen LogP contribution < -0.4 is 5.32 Å². The first-order valence-electron chi connectivity index (χ1n) is 9.83. The molecule has 1 atom stereocenters. The second kappa shape index (κ2) is 9.21. The maximum absolute atomic E-state index is 13.0. The van der Waals surface area contributed by atoms with Crippen molar-refractivity contribution in [3.8, 4) is 0 Å². The summed E-state index contributed by atoms with van der Waals surface area (Å²) < 4.78 is 32.8. The minimum absolute atomic E-state index is 0.0340. The molecular weight excluding hydrogens is 436 g/mol. The summed E-state index contributed by atoms with van der Waals surface area (Å²) in [7, 11) is -3.77. The Kier molecular flexibility index (Phi) is 6.40. The lowest BCUT2D eigenvalue weighted by molar-refractivity contribution is -0.119. The van der Waals surface area contributed by atoms with Gasteiger partial charge in [-0.15, -0.1) is 16.9 Å². The van der Waals surface area contributed by atoms with Crippen LogP contribution in [0.3, 0.4) is 0 Å². The lowest BCUT2D eigenvalue weighted by Gasteiger charge is -2.22. The van der Waals surface area contributed by atoms with Gasteiger partial charge in [0, 0.05) is 11.4 Å². The van der Waals surface area contributed by atoms with Crippen LogP contribution >= 0.6 is 11.8 Å². The van der Waals surface area contributed by atoms with Crippen LogP contribution in [-0.2, 0) is 20.6 Å². The molecule has 1 saturated heterocycles. The standard InChI is InChI=1S/C21H22N4O4S2/c1-15-9-11-17(12-10-15)31(27,28)25-13-5-8-18(25)20(26)22-21-24-23-19(29-21)14-30-16-6-3-2-4-7-16/h2-4,6-7,9-12,18H,5,8,13-14H2,1H3,(H,22,24,26). The Balaban J connectivity index is 1.41. The molecule has 0 aliphatic carbocycles. The number of aromatic nitrogens is 2. The molecule has 1 unspecified atom stereocenters. The molecule has 0 bridgehead atoms. The Labute approximate surface area is 185 Å². The van der Waals surface area contributed by atoms with E-state index in [0.29, 0.717) is 24.5 Å². The molecule has 31 heavy (non-hydrogen) atoms. The topological polar surface area (TPSA) is 105 Å². The van der Waals surface area contributed by atoms with Gasteiger partial charge in [-0.1, -0.05) is 41.0 Å². The second-order valence-electron chi connectivity index (χ2n) is 7.18. The number of benzene rings is 2. The molecule has 0 radical (unpaired) electrons. The fraction of sp³-hybridized carbons (Fsp3) is 0.286. The number of rotatable bonds is 7. The van der Waals surface area contributed by atoms with Crippen LogP contribution in [0.15, 0.2) is 68.8 Å². The Bertz CT molecular complexity index is 1150. The van der Waals surface area contributed by atoms with E-state index in [4.69, 9.17) is 4.42 Å². The molecule has 8 nitrogen and oxygen atoms in total. The van der Waals surface area contributed by atoms with Gasteiger partial charge < -0.3 is 4.42 Å². The van der Waals surface area contributed by atoms with Crippen LogP contribution in [0.2, 0.25) is 0 Å². The van der Waals surface area contributed by atoms with Gasteiger partial charge in [-0.2, -0.15) is 4.31 Å². The highest BCUT2D eigenvalue weighted by molar-refractivity contribution is 7.98. The molecular formula is C21H22N4O4S2. The second-order valence-corrected chi connectivity index (χ2v) is 10.1. The summed E-state index contributed by atoms with van der Waals surface area (Å²) in [4.78, 5) is 14.0. The van der Waals surface area contributed by atoms with Gasteiger partial charge in [0.2, 0.25) is 21.8 Å². The van der Waals surface area contributed by atoms with Crippen molar-refractivity contribution in [2.75, 3.05) is 11.9 Å². The lowest BCUT2D eigenvalue weighted by atomic mass is 10.2. The molecule has 1 aromatic heterocycles. The van der Waals surface area contributed by atoms with Crippen molar-refractivity contribution in [3.05, 3.63) is 66.1 Å². The molecule has 1 aliphatic heterocycles. The van der Waals surface area contributed by atoms with E-state index in [1.807, 2.05) is 37.3 Å². The van der Waals surface area contributed by atoms with Gasteiger partial charge in [-0.25, -0.2) is 8.42 Å². The number of thioether (sulfide) groups is 1. The zero-order valence-electron chi connectivity index (χ0n) is 16.9. The highest BCUT2D eigenvalue weighted by atomic mass is 32.2. The Morgan fingerprint density at radius 3 is 2.65 bits per heavy atom. The zero-order chi connectivity index (χ0) is 21.8. The maximum atomic E-state index is 13.0. The first-order valence-corrected chi connectivity index (χ1v) is 12.3. The third-order valence-corrected chi connectivity index (χ3v) is 7.86. The molecule has 162 valence electrons. The van der Waals surface area contributed by atoms with Crippen LogP contribution in [0.25, 0.3) is 0 Å². The third kappa shape index (κ3) is 4.97. The molecule has 3 aromatic rings. The van der Waals surface area contributed by atoms with Crippen LogP contribution in [-0.4, -0.2) is 41.4 Å². The van der Waals surface area contributed by atoms with E-state index in [0.717, 1.165) is 10.5 Å². The highest BCUT2D eigenvalue weighted by Gasteiger charge is 2.39. The highest BCUT2D eigenvalue weighted by Crippen LogP contribution is 2.27. The monoisotopic (exact) mass is 458 g/mol. The van der Waals surface area contributed by atoms with Gasteiger partial charge in [0.15, 0.2) is 0 Å². The van der Waals surface area contributed by atoms with Crippen molar-refractivity contribution in [3.63, 3.8) is 0 Å². The fourth-order valence-electron chi connectivity index (χ4n) is 3.35. The molecule has 0 spiro atoms. The van der Waals surface area contributed by atoms with Crippen molar-refractivity contribution in [2.24, 2.45) is 0 Å². The van der Waals surface area contributed by atoms with Crippen molar-refractivity contribution >= 4 is 33.7 Å². The molecule has 10 heteroatoms. The van der Waals surface area contributed by atoms with Crippen molar-refractivity contribution in [1.29, 1.82) is 0 Å². The molecule has 2 heterocycles. The van der Waals surface area contributed by atoms with Crippen LogP contribution in [0.1, 0.15) is 24.3 Å². The molecule has 2 aromatic carbocycles. The van der Waals surface area contributed by atoms with Gasteiger partial charge in [0.25, 0.3) is 0 Å². The van der Waals surface area contributed by atoms with Gasteiger partial charge in [-0.3, -0.25) is 10.1 Å². The van der Waals surface area contributed by atoms with E-state index >= 15 is 0 Å². The zero-order valence-corrected chi connectivity index (χ0v) is 18.5. The number of carbonyl (C=O) groups excluding carboxylic acids is 1. The van der Waals surface area contributed by atoms with E-state index < -0.39 is 22.0 Å². The first kappa shape index (κ1) is 21.5. The van der Waals surface area contributed by atoms with Crippen LogP contribution in [0.4, 0.5) is 6.01 Å². The number of hydrogen-bond acceptors (Lipinski definition) is 7. The number of hydrogen-bond donors (Lipinski definition) is 1. The summed E-state index contributed by atoms with van der Waals surface area (Å²) in [5.74, 6) is 0.364. The number of sulfonamides is 1. The Hall–Kier alpha value is -2.69. The molecule has 1 aliphatic rings. The molecule has 0 saturated carbocycles. The minimum atomic E-state index is -3.77. The Morgan fingerprint density at radius 2 is 1.90 bits per heavy atom. The minimum Gasteiger partial charge on any atom is -0.407 e. The summed E-state index contributed by atoms with van der Waals surface area (Å²) in [5.41, 5.74) is 0.965. The third-order valence-electron chi connectivity index (χ3n) is 4.94. The molecule has 1 fully saturated rings. The van der Waals surface area contributed by atoms with Crippen molar-refractivity contribution < 1.29 is 17.6 Å². The summed E-state index contributed by atoms with van der Waals surface area (Å²) in [6, 6.07) is 15.5. The first-order chi connectivity index (χ1) is 14.9. The maximum Gasteiger partial charge on any atom is 0.322 e. The molecule has 1 amide bonds. The average Bonchev–Trinajstić information content (AvgIpc) is 3.43. The van der Waals surface area contributed by atoms with Gasteiger partial charge in [-0.05, 0) is 44.0 Å². The fourth-order valence-corrected chi connectivity index (χ4v) is 5.76. The predicted molar refractivity (Wildman–Crippen MR) is 117 cm³/mol. The average molecular weight is 459 g/mol. The number of amides is 1. The summed E-state index contributed by atoms with van der Waals surface area (Å²) in [6.07, 6.45) is 1.04. The largest absolute Gasteiger partial charge is 0.407 e. The van der Waals surface area contributed by atoms with E-state index in [-0.39, 0.29) is 17.5 Å². The number of nitrogens with zero attached hydrogens (tertiary/aromatic N) is 3. The quantitative estimate of drug-likeness (QED) is 0.541. The van der Waals surface area contributed by atoms with Gasteiger partial charge >= 0.3 is 6.01 Å². The summed E-state index contributed by atoms with van der Waals surface area (Å²) >= 11 is 1.54. The smallest absolute Gasteiger partial charge is 0.322 e. The lowest BCUT2D eigenvalue weighted by Crippen LogP contribution is -2.43. The SMILES string of the molecule is Cc1ccc(S(=O)(=O)N2CCCC2C(=O)Nc2nnc(CSc3ccccc3)o2)cc1. The van der Waals surface area contributed by atoms with Gasteiger partial charge in [0.05, 0.1) is 10.6 Å². The summed E-state index contributed by atoms with van der Waals surface area (Å²) in [5, 5.41) is 10.4. The van der Waals surface area contributed by atoms with Crippen LogP contribution in [0, 0.1) is 6.92 Å². The van der Waals surface area contributed by atoms with E-state index in [9.17, 15) is 13.2 Å².